The molecule has 18 heavy (non-hydrogen) atoms. The standard InChI is InChI=1S/C12H16F3NO2/c1-8(16(2)4-3-12(13,14)15)9-5-10(17)7-11(18)6-9/h5-8,17-18H,3-4H2,1-2H3. The Bertz CT molecular complexity index is 387. The Hall–Kier alpha value is -1.43. The normalized spacial score (nSPS) is 13.9. The molecule has 0 fully saturated rings. The van der Waals surface area contributed by atoms with E-state index in [0.29, 0.717) is 5.56 Å². The lowest BCUT2D eigenvalue weighted by Gasteiger charge is -2.25. The van der Waals surface area contributed by atoms with Gasteiger partial charge in [0.15, 0.2) is 0 Å². The summed E-state index contributed by atoms with van der Waals surface area (Å²) in [5.41, 5.74) is 0.567. The molecule has 102 valence electrons. The van der Waals surface area contributed by atoms with Gasteiger partial charge >= 0.3 is 6.18 Å². The number of hydrogen-bond donors (Lipinski definition) is 2. The van der Waals surface area contributed by atoms with E-state index in [1.807, 2.05) is 0 Å². The van der Waals surface area contributed by atoms with Crippen LogP contribution in [0.4, 0.5) is 13.2 Å². The van der Waals surface area contributed by atoms with Gasteiger partial charge in [0, 0.05) is 18.7 Å². The molecule has 0 aliphatic heterocycles. The lowest BCUT2D eigenvalue weighted by molar-refractivity contribution is -0.138. The zero-order valence-corrected chi connectivity index (χ0v) is 10.2. The topological polar surface area (TPSA) is 43.7 Å². The second-order valence-corrected chi connectivity index (χ2v) is 4.30. The van der Waals surface area contributed by atoms with E-state index in [9.17, 15) is 23.4 Å². The number of nitrogens with zero attached hydrogens (tertiary/aromatic N) is 1. The molecule has 0 heterocycles. The monoisotopic (exact) mass is 263 g/mol. The average molecular weight is 263 g/mol. The third kappa shape index (κ3) is 4.44. The third-order valence-corrected chi connectivity index (χ3v) is 2.82. The van der Waals surface area contributed by atoms with E-state index in [-0.39, 0.29) is 24.1 Å². The fourth-order valence-electron chi connectivity index (χ4n) is 1.61. The Kier molecular flexibility index (Phi) is 4.45. The van der Waals surface area contributed by atoms with Crippen molar-refractivity contribution in [1.29, 1.82) is 0 Å². The van der Waals surface area contributed by atoms with E-state index in [4.69, 9.17) is 0 Å². The Morgan fingerprint density at radius 3 is 2.11 bits per heavy atom. The Morgan fingerprint density at radius 2 is 1.67 bits per heavy atom. The summed E-state index contributed by atoms with van der Waals surface area (Å²) in [5.74, 6) is -0.220. The summed E-state index contributed by atoms with van der Waals surface area (Å²) in [4.78, 5) is 1.52. The van der Waals surface area contributed by atoms with Gasteiger partial charge in [0.2, 0.25) is 0 Å². The van der Waals surface area contributed by atoms with Gasteiger partial charge in [-0.2, -0.15) is 13.2 Å². The SMILES string of the molecule is CC(c1cc(O)cc(O)c1)N(C)CCC(F)(F)F. The van der Waals surface area contributed by atoms with Crippen LogP contribution in [0.15, 0.2) is 18.2 Å². The van der Waals surface area contributed by atoms with E-state index in [0.717, 1.165) is 0 Å². The first kappa shape index (κ1) is 14.6. The first-order chi connectivity index (χ1) is 8.19. The summed E-state index contributed by atoms with van der Waals surface area (Å²) in [5, 5.41) is 18.7. The fourth-order valence-corrected chi connectivity index (χ4v) is 1.61. The zero-order valence-electron chi connectivity index (χ0n) is 10.2. The van der Waals surface area contributed by atoms with Crippen LogP contribution in [-0.4, -0.2) is 34.9 Å². The summed E-state index contributed by atoms with van der Waals surface area (Å²) in [6, 6.07) is 3.69. The molecule has 6 heteroatoms. The van der Waals surface area contributed by atoms with Crippen molar-refractivity contribution in [2.75, 3.05) is 13.6 Å². The van der Waals surface area contributed by atoms with Crippen LogP contribution < -0.4 is 0 Å². The van der Waals surface area contributed by atoms with Crippen LogP contribution in [0.25, 0.3) is 0 Å². The molecule has 1 aromatic carbocycles. The molecule has 1 aromatic rings. The van der Waals surface area contributed by atoms with Crippen LogP contribution in [0, 0.1) is 0 Å². The second-order valence-electron chi connectivity index (χ2n) is 4.30. The van der Waals surface area contributed by atoms with Crippen molar-refractivity contribution in [2.24, 2.45) is 0 Å². The van der Waals surface area contributed by atoms with Crippen LogP contribution in [-0.2, 0) is 0 Å². The molecule has 3 nitrogen and oxygen atoms in total. The molecule has 1 rings (SSSR count). The van der Waals surface area contributed by atoms with Gasteiger partial charge in [-0.3, -0.25) is 4.90 Å². The first-order valence-corrected chi connectivity index (χ1v) is 5.49. The summed E-state index contributed by atoms with van der Waals surface area (Å²) in [7, 11) is 1.57. The highest BCUT2D eigenvalue weighted by Crippen LogP contribution is 2.28. The van der Waals surface area contributed by atoms with Crippen molar-refractivity contribution in [3.05, 3.63) is 23.8 Å². The van der Waals surface area contributed by atoms with Crippen LogP contribution in [0.3, 0.4) is 0 Å². The predicted octanol–water partition coefficient (Wildman–Crippen LogP) is 3.04. The summed E-state index contributed by atoms with van der Waals surface area (Å²) >= 11 is 0. The minimum absolute atomic E-state index is 0.110. The highest BCUT2D eigenvalue weighted by Gasteiger charge is 2.28. The summed E-state index contributed by atoms with van der Waals surface area (Å²) in [6.45, 7) is 1.58. The van der Waals surface area contributed by atoms with Gasteiger partial charge in [-0.15, -0.1) is 0 Å². The maximum atomic E-state index is 12.1. The first-order valence-electron chi connectivity index (χ1n) is 5.49. The number of phenols is 2. The van der Waals surface area contributed by atoms with Gasteiger partial charge in [-0.1, -0.05) is 0 Å². The lowest BCUT2D eigenvalue weighted by atomic mass is 10.1. The molecule has 0 bridgehead atoms. The van der Waals surface area contributed by atoms with Crippen molar-refractivity contribution in [3.8, 4) is 11.5 Å². The van der Waals surface area contributed by atoms with Gasteiger partial charge in [0.05, 0.1) is 6.42 Å². The van der Waals surface area contributed by atoms with Gasteiger partial charge in [-0.25, -0.2) is 0 Å². The number of hydrogen-bond acceptors (Lipinski definition) is 3. The molecule has 0 radical (unpaired) electrons. The molecule has 0 aliphatic carbocycles. The number of halogens is 3. The van der Waals surface area contributed by atoms with E-state index < -0.39 is 12.6 Å². The van der Waals surface area contributed by atoms with E-state index in [1.54, 1.807) is 14.0 Å². The molecule has 1 atom stereocenters. The average Bonchev–Trinajstić information content (AvgIpc) is 2.22. The fraction of sp³-hybridized carbons (Fsp3) is 0.500. The number of rotatable bonds is 4. The van der Waals surface area contributed by atoms with Gasteiger partial charge < -0.3 is 10.2 Å². The number of phenolic OH excluding ortho intramolecular Hbond substituents is 2. The molecule has 1 unspecified atom stereocenters. The Balaban J connectivity index is 2.71. The van der Waals surface area contributed by atoms with Crippen molar-refractivity contribution >= 4 is 0 Å². The molecule has 0 spiro atoms. The molecular weight excluding hydrogens is 247 g/mol. The molecule has 0 amide bonds. The maximum Gasteiger partial charge on any atom is 0.390 e. The lowest BCUT2D eigenvalue weighted by Crippen LogP contribution is -2.27. The largest absolute Gasteiger partial charge is 0.508 e. The van der Waals surface area contributed by atoms with E-state index in [1.165, 1.54) is 23.1 Å². The molecular formula is C12H16F3NO2. The van der Waals surface area contributed by atoms with Crippen LogP contribution in [0.2, 0.25) is 0 Å². The van der Waals surface area contributed by atoms with Crippen molar-refractivity contribution in [2.45, 2.75) is 25.6 Å². The van der Waals surface area contributed by atoms with Gasteiger partial charge in [0.1, 0.15) is 11.5 Å². The van der Waals surface area contributed by atoms with Crippen molar-refractivity contribution in [1.82, 2.24) is 4.90 Å². The smallest absolute Gasteiger partial charge is 0.390 e. The van der Waals surface area contributed by atoms with E-state index >= 15 is 0 Å². The molecule has 0 aromatic heterocycles. The zero-order chi connectivity index (χ0) is 13.9. The summed E-state index contributed by atoms with van der Waals surface area (Å²) in [6.07, 6.45) is -5.08. The predicted molar refractivity (Wildman–Crippen MR) is 61.5 cm³/mol. The van der Waals surface area contributed by atoms with Crippen LogP contribution >= 0.6 is 0 Å². The summed E-state index contributed by atoms with van der Waals surface area (Å²) < 4.78 is 36.3. The quantitative estimate of drug-likeness (QED) is 0.877. The van der Waals surface area contributed by atoms with Crippen molar-refractivity contribution in [3.63, 3.8) is 0 Å². The van der Waals surface area contributed by atoms with Gasteiger partial charge in [-0.05, 0) is 31.7 Å². The number of aromatic hydroxyl groups is 2. The van der Waals surface area contributed by atoms with Crippen molar-refractivity contribution < 1.29 is 23.4 Å². The van der Waals surface area contributed by atoms with E-state index in [2.05, 4.69) is 0 Å². The van der Waals surface area contributed by atoms with Gasteiger partial charge in [0.25, 0.3) is 0 Å². The number of alkyl halides is 3. The second kappa shape index (κ2) is 5.48. The molecule has 0 saturated heterocycles. The molecule has 0 saturated carbocycles. The maximum absolute atomic E-state index is 12.1. The highest BCUT2D eigenvalue weighted by molar-refractivity contribution is 5.37. The minimum atomic E-state index is -4.19. The minimum Gasteiger partial charge on any atom is -0.508 e. The Morgan fingerprint density at radius 1 is 1.17 bits per heavy atom. The Labute approximate surface area is 103 Å². The molecule has 2 N–H and O–H groups in total. The highest BCUT2D eigenvalue weighted by atomic mass is 19.4. The van der Waals surface area contributed by atoms with Crippen LogP contribution in [0.1, 0.15) is 24.9 Å². The number of benzene rings is 1. The van der Waals surface area contributed by atoms with Crippen LogP contribution in [0.5, 0.6) is 11.5 Å². The third-order valence-electron chi connectivity index (χ3n) is 2.82. The molecule has 0 aliphatic rings.